The minimum atomic E-state index is -1.60. The number of ether oxygens (including phenoxy) is 1. The van der Waals surface area contributed by atoms with Crippen LogP contribution in [0.15, 0.2) is 30.3 Å². The second-order valence-corrected chi connectivity index (χ2v) is 4.23. The SMILES string of the molecule is ClC(Cl)Cl.O=C(O)C(=O)Oc1ccccc1. The lowest BCUT2D eigenvalue weighted by Crippen LogP contribution is -2.19. The van der Waals surface area contributed by atoms with Gasteiger partial charge in [0.15, 0.2) is 4.30 Å². The smallest absolute Gasteiger partial charge is 0.422 e. The number of carboxylic acid groups (broad SMARTS) is 1. The van der Waals surface area contributed by atoms with E-state index in [1.165, 1.54) is 12.1 Å². The summed E-state index contributed by atoms with van der Waals surface area (Å²) in [5.41, 5.74) is 0. The zero-order valence-corrected chi connectivity index (χ0v) is 10.0. The van der Waals surface area contributed by atoms with Crippen LogP contribution < -0.4 is 4.74 Å². The Bertz CT molecular complexity index is 337. The average molecular weight is 286 g/mol. The van der Waals surface area contributed by atoms with Gasteiger partial charge in [0.2, 0.25) is 0 Å². The number of halogens is 3. The lowest BCUT2D eigenvalue weighted by atomic mass is 10.3. The van der Waals surface area contributed by atoms with Crippen molar-refractivity contribution in [2.24, 2.45) is 0 Å². The van der Waals surface area contributed by atoms with Gasteiger partial charge in [-0.2, -0.15) is 0 Å². The third kappa shape index (κ3) is 8.35. The number of carbonyl (C=O) groups is 2. The fourth-order valence-electron chi connectivity index (χ4n) is 0.639. The molecule has 1 aromatic rings. The van der Waals surface area contributed by atoms with E-state index in [9.17, 15) is 9.59 Å². The number of rotatable bonds is 1. The fraction of sp³-hybridized carbons (Fsp3) is 0.111. The van der Waals surface area contributed by atoms with E-state index in [4.69, 9.17) is 39.9 Å². The molecule has 7 heteroatoms. The summed E-state index contributed by atoms with van der Waals surface area (Å²) in [6, 6.07) is 8.02. The molecule has 1 aromatic carbocycles. The third-order valence-electron chi connectivity index (χ3n) is 1.13. The van der Waals surface area contributed by atoms with Crippen LogP contribution in [0.25, 0.3) is 0 Å². The molecule has 0 aliphatic carbocycles. The molecule has 0 radical (unpaired) electrons. The minimum Gasteiger partial charge on any atom is -0.473 e. The zero-order valence-electron chi connectivity index (χ0n) is 7.77. The molecule has 0 fully saturated rings. The van der Waals surface area contributed by atoms with Crippen LogP contribution in [0, 0.1) is 0 Å². The standard InChI is InChI=1S/C8H6O4.CHCl3/c9-7(10)8(11)12-6-4-2-1-3-5-6;2-1(3)4/h1-5H,(H,9,10);1H. The molecule has 0 aliphatic heterocycles. The van der Waals surface area contributed by atoms with E-state index in [-0.39, 0.29) is 5.75 Å². The molecule has 0 saturated carbocycles. The Morgan fingerprint density at radius 2 is 1.56 bits per heavy atom. The second kappa shape index (κ2) is 8.21. The van der Waals surface area contributed by atoms with Crippen LogP contribution in [-0.4, -0.2) is 21.3 Å². The summed E-state index contributed by atoms with van der Waals surface area (Å²) < 4.78 is 3.69. The molecule has 0 unspecified atom stereocenters. The minimum absolute atomic E-state index is 0.227. The van der Waals surface area contributed by atoms with Crippen molar-refractivity contribution in [1.82, 2.24) is 0 Å². The summed E-state index contributed by atoms with van der Waals surface area (Å²) in [4.78, 5) is 20.5. The number of carbonyl (C=O) groups excluding carboxylic acids is 1. The number of benzene rings is 1. The van der Waals surface area contributed by atoms with Gasteiger partial charge >= 0.3 is 11.9 Å². The van der Waals surface area contributed by atoms with Crippen molar-refractivity contribution < 1.29 is 19.4 Å². The summed E-state index contributed by atoms with van der Waals surface area (Å²) in [5.74, 6) is -2.65. The van der Waals surface area contributed by atoms with Crippen LogP contribution in [0.3, 0.4) is 0 Å². The third-order valence-corrected chi connectivity index (χ3v) is 1.13. The van der Waals surface area contributed by atoms with E-state index in [1.54, 1.807) is 18.2 Å². The van der Waals surface area contributed by atoms with Crippen molar-refractivity contribution in [3.63, 3.8) is 0 Å². The predicted octanol–water partition coefficient (Wildman–Crippen LogP) is 2.66. The summed E-state index contributed by atoms with van der Waals surface area (Å²) in [7, 11) is 0. The van der Waals surface area contributed by atoms with Crippen molar-refractivity contribution in [2.75, 3.05) is 0 Å². The first-order valence-electron chi connectivity index (χ1n) is 3.86. The molecule has 0 aliphatic rings. The Balaban J connectivity index is 0.000000487. The fourth-order valence-corrected chi connectivity index (χ4v) is 0.639. The molecule has 0 bridgehead atoms. The van der Waals surface area contributed by atoms with Crippen molar-refractivity contribution in [3.8, 4) is 5.75 Å². The number of alkyl halides is 3. The molecule has 0 aromatic heterocycles. The number of carboxylic acids is 1. The number of hydrogen-bond acceptors (Lipinski definition) is 3. The summed E-state index contributed by atoms with van der Waals surface area (Å²) >= 11 is 14.4. The molecule has 0 heterocycles. The van der Waals surface area contributed by atoms with Gasteiger partial charge in [0, 0.05) is 0 Å². The van der Waals surface area contributed by atoms with Crippen molar-refractivity contribution in [1.29, 1.82) is 0 Å². The highest BCUT2D eigenvalue weighted by molar-refractivity contribution is 6.63. The molecule has 4 nitrogen and oxygen atoms in total. The average Bonchev–Trinajstić information content (AvgIpc) is 2.18. The van der Waals surface area contributed by atoms with E-state index in [1.807, 2.05) is 0 Å². The highest BCUT2D eigenvalue weighted by atomic mass is 35.6. The zero-order chi connectivity index (χ0) is 12.6. The van der Waals surface area contributed by atoms with E-state index in [0.717, 1.165) is 0 Å². The number of hydrogen-bond donors (Lipinski definition) is 1. The summed E-state index contributed by atoms with van der Waals surface area (Å²) in [6.45, 7) is 0. The Morgan fingerprint density at radius 3 is 1.94 bits per heavy atom. The van der Waals surface area contributed by atoms with Crippen molar-refractivity contribution in [3.05, 3.63) is 30.3 Å². The van der Waals surface area contributed by atoms with Gasteiger partial charge in [0.1, 0.15) is 5.75 Å². The van der Waals surface area contributed by atoms with E-state index in [2.05, 4.69) is 4.74 Å². The van der Waals surface area contributed by atoms with Crippen LogP contribution in [0.2, 0.25) is 0 Å². The van der Waals surface area contributed by atoms with E-state index >= 15 is 0 Å². The van der Waals surface area contributed by atoms with Crippen LogP contribution >= 0.6 is 34.8 Å². The molecule has 1 N–H and O–H groups in total. The van der Waals surface area contributed by atoms with Gasteiger partial charge in [-0.15, -0.1) is 0 Å². The number of aliphatic carboxylic acids is 1. The highest BCUT2D eigenvalue weighted by Crippen LogP contribution is 2.07. The maximum atomic E-state index is 10.5. The highest BCUT2D eigenvalue weighted by Gasteiger charge is 2.13. The first-order chi connectivity index (χ1) is 7.43. The molecule has 0 spiro atoms. The molecule has 16 heavy (non-hydrogen) atoms. The number of para-hydroxylation sites is 1. The Kier molecular flexibility index (Phi) is 7.72. The molecule has 0 saturated heterocycles. The molecular formula is C9H7Cl3O4. The molecule has 1 rings (SSSR count). The monoisotopic (exact) mass is 284 g/mol. The van der Waals surface area contributed by atoms with Crippen LogP contribution in [0.4, 0.5) is 0 Å². The van der Waals surface area contributed by atoms with E-state index in [0.29, 0.717) is 0 Å². The lowest BCUT2D eigenvalue weighted by molar-refractivity contribution is -0.158. The topological polar surface area (TPSA) is 63.6 Å². The normalized spacial score (nSPS) is 9.00. The van der Waals surface area contributed by atoms with E-state index < -0.39 is 16.2 Å². The first kappa shape index (κ1) is 15.0. The van der Waals surface area contributed by atoms with Crippen LogP contribution in [-0.2, 0) is 9.59 Å². The Morgan fingerprint density at radius 1 is 1.12 bits per heavy atom. The molecule has 0 amide bonds. The van der Waals surface area contributed by atoms with Crippen molar-refractivity contribution in [2.45, 2.75) is 4.30 Å². The van der Waals surface area contributed by atoms with Crippen molar-refractivity contribution >= 4 is 46.7 Å². The quantitative estimate of drug-likeness (QED) is 0.373. The maximum absolute atomic E-state index is 10.5. The van der Waals surface area contributed by atoms with Gasteiger partial charge in [-0.3, -0.25) is 0 Å². The van der Waals surface area contributed by atoms with Gasteiger partial charge in [-0.1, -0.05) is 53.0 Å². The van der Waals surface area contributed by atoms with Gasteiger partial charge in [-0.25, -0.2) is 9.59 Å². The van der Waals surface area contributed by atoms with Gasteiger partial charge < -0.3 is 9.84 Å². The maximum Gasteiger partial charge on any atom is 0.422 e. The Hall–Kier alpha value is -0.970. The first-order valence-corrected chi connectivity index (χ1v) is 5.16. The van der Waals surface area contributed by atoms with Gasteiger partial charge in [-0.05, 0) is 12.1 Å². The van der Waals surface area contributed by atoms with Gasteiger partial charge in [0.25, 0.3) is 0 Å². The molecule has 88 valence electrons. The Labute approximate surface area is 107 Å². The number of esters is 1. The molecular weight excluding hydrogens is 278 g/mol. The lowest BCUT2D eigenvalue weighted by Gasteiger charge is -1.98. The van der Waals surface area contributed by atoms with Crippen LogP contribution in [0.5, 0.6) is 5.75 Å². The van der Waals surface area contributed by atoms with Gasteiger partial charge in [0.05, 0.1) is 0 Å². The molecule has 0 atom stereocenters. The largest absolute Gasteiger partial charge is 0.473 e. The predicted molar refractivity (Wildman–Crippen MR) is 61.1 cm³/mol. The van der Waals surface area contributed by atoms with Crippen LogP contribution in [0.1, 0.15) is 0 Å². The summed E-state index contributed by atoms with van der Waals surface area (Å²) in [5, 5.41) is 8.17. The second-order valence-electron chi connectivity index (χ2n) is 2.26. The summed E-state index contributed by atoms with van der Waals surface area (Å²) in [6.07, 6.45) is 0.